The molecule has 0 radical (unpaired) electrons. The zero-order valence-corrected chi connectivity index (χ0v) is 11.6. The Balaban J connectivity index is 1.86. The number of nitrogens with zero attached hydrogens (tertiary/aromatic N) is 1. The van der Waals surface area contributed by atoms with Crippen molar-refractivity contribution < 1.29 is 9.52 Å². The molecular weight excluding hydrogens is 226 g/mol. The van der Waals surface area contributed by atoms with E-state index >= 15 is 0 Å². The van der Waals surface area contributed by atoms with Gasteiger partial charge in [-0.15, -0.1) is 0 Å². The van der Waals surface area contributed by atoms with E-state index in [9.17, 15) is 0 Å². The second kappa shape index (κ2) is 6.39. The molecule has 1 aliphatic rings. The number of aliphatic hydroxyl groups is 1. The average molecular weight is 251 g/mol. The Hall–Kier alpha value is -0.800. The zero-order chi connectivity index (χ0) is 13.0. The number of hydrogen-bond acceptors (Lipinski definition) is 3. The minimum Gasteiger partial charge on any atom is -0.462 e. The van der Waals surface area contributed by atoms with Crippen molar-refractivity contribution in [2.24, 2.45) is 11.8 Å². The highest BCUT2D eigenvalue weighted by molar-refractivity contribution is 5.06. The van der Waals surface area contributed by atoms with E-state index in [0.717, 1.165) is 30.7 Å². The monoisotopic (exact) mass is 251 g/mol. The van der Waals surface area contributed by atoms with Crippen molar-refractivity contribution in [2.45, 2.75) is 46.3 Å². The summed E-state index contributed by atoms with van der Waals surface area (Å²) in [7, 11) is 0. The van der Waals surface area contributed by atoms with E-state index in [4.69, 9.17) is 9.52 Å². The Morgan fingerprint density at radius 2 is 2.06 bits per heavy atom. The van der Waals surface area contributed by atoms with E-state index in [0.29, 0.717) is 5.76 Å². The molecule has 0 aliphatic carbocycles. The first-order chi connectivity index (χ1) is 8.69. The van der Waals surface area contributed by atoms with E-state index in [2.05, 4.69) is 18.7 Å². The second-order valence-electron chi connectivity index (χ2n) is 5.74. The van der Waals surface area contributed by atoms with Gasteiger partial charge in [0.05, 0.1) is 6.54 Å². The number of furan rings is 1. The lowest BCUT2D eigenvalue weighted by molar-refractivity contribution is 0.219. The minimum absolute atomic E-state index is 0.00454. The predicted octanol–water partition coefficient (Wildman–Crippen LogP) is 3.03. The fraction of sp³-hybridized carbons (Fsp3) is 0.733. The SMILES string of the molecule is CC(C)C1CCCN(Cc2ccc(CO)o2)CC1. The van der Waals surface area contributed by atoms with Crippen molar-refractivity contribution in [3.05, 3.63) is 23.7 Å². The van der Waals surface area contributed by atoms with Crippen LogP contribution in [0.15, 0.2) is 16.5 Å². The van der Waals surface area contributed by atoms with Gasteiger partial charge in [-0.05, 0) is 56.3 Å². The molecule has 18 heavy (non-hydrogen) atoms. The maximum Gasteiger partial charge on any atom is 0.129 e. The molecular formula is C15H25NO2. The number of aliphatic hydroxyl groups excluding tert-OH is 1. The maximum atomic E-state index is 8.99. The van der Waals surface area contributed by atoms with E-state index < -0.39 is 0 Å². The fourth-order valence-corrected chi connectivity index (χ4v) is 2.82. The van der Waals surface area contributed by atoms with Gasteiger partial charge in [-0.1, -0.05) is 13.8 Å². The molecule has 2 heterocycles. The molecule has 0 aromatic carbocycles. The topological polar surface area (TPSA) is 36.6 Å². The van der Waals surface area contributed by atoms with Crippen LogP contribution in [0.3, 0.4) is 0 Å². The van der Waals surface area contributed by atoms with E-state index in [1.165, 1.54) is 25.8 Å². The van der Waals surface area contributed by atoms with Crippen molar-refractivity contribution >= 4 is 0 Å². The Morgan fingerprint density at radius 1 is 1.28 bits per heavy atom. The molecule has 102 valence electrons. The highest BCUT2D eigenvalue weighted by Gasteiger charge is 2.20. The minimum atomic E-state index is -0.00454. The summed E-state index contributed by atoms with van der Waals surface area (Å²) in [5, 5.41) is 8.99. The van der Waals surface area contributed by atoms with Crippen LogP contribution in [-0.2, 0) is 13.2 Å². The average Bonchev–Trinajstić information content (AvgIpc) is 2.66. The van der Waals surface area contributed by atoms with Crippen molar-refractivity contribution in [1.82, 2.24) is 4.90 Å². The van der Waals surface area contributed by atoms with Gasteiger partial charge in [0.15, 0.2) is 0 Å². The van der Waals surface area contributed by atoms with Gasteiger partial charge in [-0.2, -0.15) is 0 Å². The molecule has 0 saturated carbocycles. The molecule has 1 aliphatic heterocycles. The Morgan fingerprint density at radius 3 is 2.72 bits per heavy atom. The van der Waals surface area contributed by atoms with Crippen LogP contribution in [0.1, 0.15) is 44.6 Å². The molecule has 1 atom stereocenters. The van der Waals surface area contributed by atoms with Crippen LogP contribution in [-0.4, -0.2) is 23.1 Å². The molecule has 1 unspecified atom stereocenters. The summed E-state index contributed by atoms with van der Waals surface area (Å²) < 4.78 is 5.56. The van der Waals surface area contributed by atoms with Crippen LogP contribution in [0, 0.1) is 11.8 Å². The zero-order valence-electron chi connectivity index (χ0n) is 11.6. The molecule has 0 amide bonds. The Labute approximate surface area is 110 Å². The number of likely N-dealkylation sites (tertiary alicyclic amines) is 1. The van der Waals surface area contributed by atoms with Crippen LogP contribution in [0.4, 0.5) is 0 Å². The molecule has 1 fully saturated rings. The third-order valence-electron chi connectivity index (χ3n) is 4.06. The molecule has 1 aromatic heterocycles. The summed E-state index contributed by atoms with van der Waals surface area (Å²) in [4.78, 5) is 2.47. The smallest absolute Gasteiger partial charge is 0.129 e. The van der Waals surface area contributed by atoms with Crippen molar-refractivity contribution in [3.63, 3.8) is 0 Å². The van der Waals surface area contributed by atoms with Gasteiger partial charge in [-0.3, -0.25) is 4.90 Å². The van der Waals surface area contributed by atoms with Gasteiger partial charge < -0.3 is 9.52 Å². The predicted molar refractivity (Wildman–Crippen MR) is 72.1 cm³/mol. The fourth-order valence-electron chi connectivity index (χ4n) is 2.82. The first-order valence-electron chi connectivity index (χ1n) is 7.10. The Bertz CT molecular complexity index is 359. The van der Waals surface area contributed by atoms with Crippen LogP contribution in [0.2, 0.25) is 0 Å². The van der Waals surface area contributed by atoms with Crippen LogP contribution < -0.4 is 0 Å². The molecule has 2 rings (SSSR count). The summed E-state index contributed by atoms with van der Waals surface area (Å²) in [5.74, 6) is 3.32. The molecule has 3 nitrogen and oxygen atoms in total. The summed E-state index contributed by atoms with van der Waals surface area (Å²) in [5.41, 5.74) is 0. The second-order valence-corrected chi connectivity index (χ2v) is 5.74. The van der Waals surface area contributed by atoms with E-state index in [1.807, 2.05) is 12.1 Å². The standard InChI is InChI=1S/C15H25NO2/c1-12(2)13-4-3-8-16(9-7-13)10-14-5-6-15(11-17)18-14/h5-6,12-13,17H,3-4,7-11H2,1-2H3. The van der Waals surface area contributed by atoms with Gasteiger partial charge in [0.25, 0.3) is 0 Å². The van der Waals surface area contributed by atoms with Gasteiger partial charge in [-0.25, -0.2) is 0 Å². The summed E-state index contributed by atoms with van der Waals surface area (Å²) >= 11 is 0. The van der Waals surface area contributed by atoms with Crippen LogP contribution >= 0.6 is 0 Å². The summed E-state index contributed by atoms with van der Waals surface area (Å²) in [6.07, 6.45) is 3.94. The normalized spacial score (nSPS) is 22.3. The lowest BCUT2D eigenvalue weighted by atomic mass is 9.89. The van der Waals surface area contributed by atoms with E-state index in [1.54, 1.807) is 0 Å². The first-order valence-corrected chi connectivity index (χ1v) is 7.10. The highest BCUT2D eigenvalue weighted by atomic mass is 16.4. The van der Waals surface area contributed by atoms with Crippen molar-refractivity contribution in [1.29, 1.82) is 0 Å². The summed E-state index contributed by atoms with van der Waals surface area (Å²) in [6, 6.07) is 3.85. The quantitative estimate of drug-likeness (QED) is 0.893. The highest BCUT2D eigenvalue weighted by Crippen LogP contribution is 2.25. The maximum absolute atomic E-state index is 8.99. The first kappa shape index (κ1) is 13.6. The lowest BCUT2D eigenvalue weighted by Crippen LogP contribution is -2.24. The van der Waals surface area contributed by atoms with Crippen molar-refractivity contribution in [3.8, 4) is 0 Å². The van der Waals surface area contributed by atoms with Crippen LogP contribution in [0.25, 0.3) is 0 Å². The molecule has 1 aromatic rings. The number of rotatable bonds is 4. The number of hydrogen-bond donors (Lipinski definition) is 1. The molecule has 0 bridgehead atoms. The molecule has 3 heteroatoms. The van der Waals surface area contributed by atoms with Gasteiger partial charge >= 0.3 is 0 Å². The van der Waals surface area contributed by atoms with E-state index in [-0.39, 0.29) is 6.61 Å². The summed E-state index contributed by atoms with van der Waals surface area (Å²) in [6.45, 7) is 7.87. The van der Waals surface area contributed by atoms with Gasteiger partial charge in [0, 0.05) is 0 Å². The Kier molecular flexibility index (Phi) is 4.84. The largest absolute Gasteiger partial charge is 0.462 e. The van der Waals surface area contributed by atoms with Crippen LogP contribution in [0.5, 0.6) is 0 Å². The molecule has 1 N–H and O–H groups in total. The third-order valence-corrected chi connectivity index (χ3v) is 4.06. The molecule has 1 saturated heterocycles. The van der Waals surface area contributed by atoms with Crippen molar-refractivity contribution in [2.75, 3.05) is 13.1 Å². The lowest BCUT2D eigenvalue weighted by Gasteiger charge is -2.20. The third kappa shape index (κ3) is 3.59. The van der Waals surface area contributed by atoms with Gasteiger partial charge in [0.2, 0.25) is 0 Å². The van der Waals surface area contributed by atoms with Gasteiger partial charge in [0.1, 0.15) is 18.1 Å². The molecule has 0 spiro atoms.